The van der Waals surface area contributed by atoms with Crippen LogP contribution < -0.4 is 16.0 Å². The number of carboxylic acids is 9. The van der Waals surface area contributed by atoms with Gasteiger partial charge in [-0.05, 0) is 109 Å². The van der Waals surface area contributed by atoms with Crippen molar-refractivity contribution in [2.45, 2.75) is 171 Å². The van der Waals surface area contributed by atoms with Gasteiger partial charge < -0.3 is 61.9 Å². The largest absolute Gasteiger partial charge is 0.481 e. The fourth-order valence-corrected chi connectivity index (χ4v) is 11.5. The van der Waals surface area contributed by atoms with E-state index in [9.17, 15) is 89.1 Å². The Hall–Kier alpha value is -8.29. The summed E-state index contributed by atoms with van der Waals surface area (Å²) in [6.45, 7) is -1.80. The summed E-state index contributed by atoms with van der Waals surface area (Å²) in [6.07, 6.45) is -11.9. The molecule has 0 aliphatic heterocycles. The Morgan fingerprint density at radius 2 is 0.565 bits per heavy atom. The quantitative estimate of drug-likeness (QED) is 0.0175. The van der Waals surface area contributed by atoms with Gasteiger partial charge in [-0.1, -0.05) is 54.6 Å². The first kappa shape index (κ1) is 69.2. The van der Waals surface area contributed by atoms with E-state index in [0.29, 0.717) is 0 Å². The van der Waals surface area contributed by atoms with E-state index in [2.05, 4.69) is 16.0 Å². The van der Waals surface area contributed by atoms with Crippen molar-refractivity contribution in [1.29, 1.82) is 0 Å². The fraction of sp³-hybridized carbons (Fsp3) is 0.517. The van der Waals surface area contributed by atoms with Crippen LogP contribution in [-0.4, -0.2) is 159 Å². The Morgan fingerprint density at radius 1 is 0.306 bits per heavy atom. The maximum atomic E-state index is 15.5. The third-order valence-electron chi connectivity index (χ3n) is 16.1. The van der Waals surface area contributed by atoms with E-state index >= 15 is 19.2 Å². The molecule has 0 aromatic heterocycles. The zero-order valence-electron chi connectivity index (χ0n) is 47.1. The first-order valence-corrected chi connectivity index (χ1v) is 28.1. The van der Waals surface area contributed by atoms with Gasteiger partial charge in [-0.3, -0.25) is 62.3 Å². The topological polar surface area (TPSA) is 440 Å². The number of carboxylic acid groups (broad SMARTS) is 9. The van der Waals surface area contributed by atoms with Gasteiger partial charge in [0.15, 0.2) is 23.1 Å². The van der Waals surface area contributed by atoms with Crippen LogP contribution in [0.1, 0.15) is 153 Å². The van der Waals surface area contributed by atoms with E-state index in [1.807, 2.05) is 54.6 Å². The van der Waals surface area contributed by atoms with E-state index < -0.39 is 202 Å². The van der Waals surface area contributed by atoms with Gasteiger partial charge in [0.1, 0.15) is 0 Å². The van der Waals surface area contributed by atoms with Gasteiger partial charge in [-0.25, -0.2) is 0 Å². The first-order valence-electron chi connectivity index (χ1n) is 28.1. The molecule has 0 aliphatic rings. The summed E-state index contributed by atoms with van der Waals surface area (Å²) < 4.78 is 0. The molecule has 4 aromatic carbocycles. The lowest BCUT2D eigenvalue weighted by atomic mass is 9.67. The molecule has 0 amide bonds. The molecular formula is C60H75N3O22. The molecule has 0 saturated carbocycles. The minimum absolute atomic E-state index is 0.0822. The number of aryl methyl sites for hydroxylation is 1. The molecule has 25 heteroatoms. The normalized spacial score (nSPS) is 12.1. The molecule has 0 saturated heterocycles. The molecule has 462 valence electrons. The van der Waals surface area contributed by atoms with Gasteiger partial charge in [0.2, 0.25) is 5.41 Å². The van der Waals surface area contributed by atoms with E-state index in [4.69, 9.17) is 0 Å². The maximum absolute atomic E-state index is 15.5. The molecule has 0 fully saturated rings. The summed E-state index contributed by atoms with van der Waals surface area (Å²) in [5.41, 5.74) is -7.28. The number of carbonyl (C=O) groups is 13. The summed E-state index contributed by atoms with van der Waals surface area (Å²) in [5.74, 6) is -17.2. The van der Waals surface area contributed by atoms with Crippen molar-refractivity contribution in [1.82, 2.24) is 16.0 Å². The molecule has 0 atom stereocenters. The zero-order valence-corrected chi connectivity index (χ0v) is 47.1. The Morgan fingerprint density at radius 3 is 0.859 bits per heavy atom. The van der Waals surface area contributed by atoms with Crippen molar-refractivity contribution < 1.29 is 108 Å². The average molecular weight is 1190 g/mol. The average Bonchev–Trinajstić information content (AvgIpc) is 1.05. The van der Waals surface area contributed by atoms with Crippen LogP contribution in [0.5, 0.6) is 0 Å². The molecule has 0 bridgehead atoms. The maximum Gasteiger partial charge on any atom is 0.303 e. The molecule has 12 N–H and O–H groups in total. The number of ketones is 4. The van der Waals surface area contributed by atoms with E-state index in [1.54, 1.807) is 0 Å². The predicted octanol–water partition coefficient (Wildman–Crippen LogP) is 6.11. The lowest BCUT2D eigenvalue weighted by Gasteiger charge is -2.36. The van der Waals surface area contributed by atoms with Gasteiger partial charge in [0, 0.05) is 120 Å². The molecule has 0 unspecified atom stereocenters. The molecule has 0 heterocycles. The number of hydrogen-bond donors (Lipinski definition) is 12. The van der Waals surface area contributed by atoms with Gasteiger partial charge in [-0.15, -0.1) is 0 Å². The molecule has 25 nitrogen and oxygen atoms in total. The molecule has 0 aliphatic carbocycles. The highest BCUT2D eigenvalue weighted by atomic mass is 16.4. The molecular weight excluding hydrogens is 1110 g/mol. The van der Waals surface area contributed by atoms with Crippen LogP contribution >= 0.6 is 0 Å². The Bertz CT molecular complexity index is 2770. The van der Waals surface area contributed by atoms with Crippen LogP contribution in [0.4, 0.5) is 0 Å². The number of carbonyl (C=O) groups excluding carboxylic acids is 4. The van der Waals surface area contributed by atoms with Crippen molar-refractivity contribution in [3.8, 4) is 0 Å². The second-order valence-corrected chi connectivity index (χ2v) is 21.8. The van der Waals surface area contributed by atoms with E-state index in [0.717, 1.165) is 37.9 Å². The second kappa shape index (κ2) is 32.1. The zero-order chi connectivity index (χ0) is 63.1. The van der Waals surface area contributed by atoms with Gasteiger partial charge in [-0.2, -0.15) is 0 Å². The molecule has 4 rings (SSSR count). The van der Waals surface area contributed by atoms with Crippen molar-refractivity contribution in [2.24, 2.45) is 5.41 Å². The third kappa shape index (κ3) is 20.5. The molecule has 85 heavy (non-hydrogen) atoms. The highest BCUT2D eigenvalue weighted by Crippen LogP contribution is 2.38. The van der Waals surface area contributed by atoms with Crippen LogP contribution in [0.25, 0.3) is 32.3 Å². The lowest BCUT2D eigenvalue weighted by Crippen LogP contribution is -2.56. The van der Waals surface area contributed by atoms with Crippen molar-refractivity contribution in [2.75, 3.05) is 19.6 Å². The number of Topliss-reactive ketones (excluding diaryl/α,β-unsaturated/α-hetero) is 4. The summed E-state index contributed by atoms with van der Waals surface area (Å²) in [4.78, 5) is 169. The standard InChI is InChI=1S/C60H75N3O22/c64-42(6-2-3-37-7-8-40-10-9-38-4-1-5-39-11-12-41(37)56(40)55(38)39)60(43(65)22-34-61-57(25-13-46(68)69,26-14-47(70)71)27-15-48(72)73,44(66)23-35-62-58(28-16-49(74)75,29-17-50(76)77)30-18-51(78)79)45(67)24-36-63-59(31-19-52(80)81,32-20-53(82)83)33-21-54(84)85/h1,4-5,7-12,61-63H,2-3,6,13-36H2,(H,68,69)(H,70,71)(H,72,73)(H,74,75)(H,76,77)(H,78,79)(H,80,81)(H,82,83)(H,84,85). The highest BCUT2D eigenvalue weighted by Gasteiger charge is 2.56. The number of aliphatic carboxylic acids is 9. The van der Waals surface area contributed by atoms with Crippen LogP contribution in [0.2, 0.25) is 0 Å². The van der Waals surface area contributed by atoms with Crippen LogP contribution in [0.3, 0.4) is 0 Å². The van der Waals surface area contributed by atoms with E-state index in [1.165, 1.54) is 0 Å². The number of hydrogen-bond acceptors (Lipinski definition) is 16. The van der Waals surface area contributed by atoms with Gasteiger partial charge >= 0.3 is 53.7 Å². The minimum atomic E-state index is -3.25. The summed E-state index contributed by atoms with van der Waals surface area (Å²) in [6, 6.07) is 17.4. The van der Waals surface area contributed by atoms with Crippen LogP contribution in [0, 0.1) is 5.41 Å². The Kier molecular flexibility index (Phi) is 26.1. The minimum Gasteiger partial charge on any atom is -0.481 e. The van der Waals surface area contributed by atoms with Crippen molar-refractivity contribution in [3.05, 3.63) is 60.2 Å². The van der Waals surface area contributed by atoms with Crippen LogP contribution in [-0.2, 0) is 68.7 Å². The number of nitrogens with one attached hydrogen (secondary N) is 3. The monoisotopic (exact) mass is 1190 g/mol. The van der Waals surface area contributed by atoms with Gasteiger partial charge in [0.25, 0.3) is 0 Å². The Balaban J connectivity index is 1.91. The fourth-order valence-electron chi connectivity index (χ4n) is 11.5. The number of benzene rings is 4. The summed E-state index contributed by atoms with van der Waals surface area (Å²) >= 11 is 0. The lowest BCUT2D eigenvalue weighted by molar-refractivity contribution is -0.156. The predicted molar refractivity (Wildman–Crippen MR) is 303 cm³/mol. The molecule has 4 aromatic rings. The van der Waals surface area contributed by atoms with Gasteiger partial charge in [0.05, 0.1) is 0 Å². The highest BCUT2D eigenvalue weighted by molar-refractivity contribution is 6.39. The van der Waals surface area contributed by atoms with Crippen molar-refractivity contribution >= 4 is 109 Å². The third-order valence-corrected chi connectivity index (χ3v) is 16.1. The first-order chi connectivity index (χ1) is 40.1. The summed E-state index contributed by atoms with van der Waals surface area (Å²) in [5, 5.41) is 101. The summed E-state index contributed by atoms with van der Waals surface area (Å²) in [7, 11) is 0. The van der Waals surface area contributed by atoms with Crippen LogP contribution in [0.15, 0.2) is 54.6 Å². The van der Waals surface area contributed by atoms with Crippen molar-refractivity contribution in [3.63, 3.8) is 0 Å². The number of rotatable bonds is 47. The molecule has 0 spiro atoms. The SMILES string of the molecule is O=C(O)CCC(CCC(=O)O)(CCC(=O)O)NCCC(=O)C(C(=O)CCCc1ccc2ccc3cccc4ccc1c2c34)(C(=O)CCNC(CCC(=O)O)(CCC(=O)O)CCC(=O)O)C(=O)CCNC(CCC(=O)O)(CCC(=O)O)CCC(=O)O. The van der Waals surface area contributed by atoms with E-state index in [-0.39, 0.29) is 70.6 Å². The second-order valence-electron chi connectivity index (χ2n) is 21.8. The Labute approximate surface area is 487 Å². The molecule has 0 radical (unpaired) electrons. The smallest absolute Gasteiger partial charge is 0.303 e.